The van der Waals surface area contributed by atoms with Crippen LogP contribution in [0.15, 0.2) is 219 Å². The van der Waals surface area contributed by atoms with Crippen LogP contribution in [0.3, 0.4) is 0 Å². The molecule has 3 aromatic heterocycles. The number of rotatable bonds is 5. The zero-order valence-electron chi connectivity index (χ0n) is 31.6. The number of nitrogens with zero attached hydrogens (tertiary/aromatic N) is 4. The predicted octanol–water partition coefficient (Wildman–Crippen LogP) is 13.4. The Morgan fingerprint density at radius 3 is 1.24 bits per heavy atom. The van der Waals surface area contributed by atoms with E-state index in [0.29, 0.717) is 0 Å². The van der Waals surface area contributed by atoms with Crippen LogP contribution in [-0.4, -0.2) is 14.1 Å². The molecule has 0 N–H and O–H groups in total. The average Bonchev–Trinajstić information content (AvgIpc) is 3.82. The lowest BCUT2D eigenvalue weighted by atomic mass is 9.62. The Hall–Kier alpha value is -7.69. The molecule has 58 heavy (non-hydrogen) atoms. The van der Waals surface area contributed by atoms with Crippen LogP contribution in [0.1, 0.15) is 22.3 Å². The molecule has 0 radical (unpaired) electrons. The molecule has 0 atom stereocenters. The lowest BCUT2D eigenvalue weighted by Gasteiger charge is -2.46. The van der Waals surface area contributed by atoms with Crippen molar-refractivity contribution in [1.82, 2.24) is 14.1 Å². The van der Waals surface area contributed by atoms with Crippen molar-refractivity contribution in [2.24, 2.45) is 0 Å². The second-order valence-electron chi connectivity index (χ2n) is 15.2. The standard InChI is InChI=1S/C54H36N4/c1-3-17-37(18-4-1)54(38-19-5-2-6-20-38)46-25-11-16-30-52(46)58(53-36-55-32-31-47(53)54)41-34-39(56-48-26-12-7-21-42(48)43-22-8-13-27-49(43)56)33-40(35-41)57-50-28-14-9-23-44(50)45-24-10-15-29-51(45)57/h1-36H. The molecule has 8 aromatic carbocycles. The minimum atomic E-state index is -0.589. The van der Waals surface area contributed by atoms with Gasteiger partial charge in [-0.3, -0.25) is 4.98 Å². The molecule has 0 fully saturated rings. The van der Waals surface area contributed by atoms with Crippen LogP contribution in [0.4, 0.5) is 17.1 Å². The van der Waals surface area contributed by atoms with Gasteiger partial charge in [-0.05, 0) is 76.9 Å². The monoisotopic (exact) mass is 740 g/mol. The van der Waals surface area contributed by atoms with Crippen molar-refractivity contribution >= 4 is 60.7 Å². The number of hydrogen-bond acceptors (Lipinski definition) is 2. The molecule has 272 valence electrons. The number of fused-ring (bicyclic) bond motifs is 8. The molecule has 0 spiro atoms. The van der Waals surface area contributed by atoms with Gasteiger partial charge in [-0.15, -0.1) is 0 Å². The van der Waals surface area contributed by atoms with Gasteiger partial charge in [-0.2, -0.15) is 0 Å². The number of hydrogen-bond donors (Lipinski definition) is 0. The van der Waals surface area contributed by atoms with Gasteiger partial charge in [0.2, 0.25) is 0 Å². The summed E-state index contributed by atoms with van der Waals surface area (Å²) in [5, 5.41) is 4.93. The molecule has 4 heteroatoms. The van der Waals surface area contributed by atoms with E-state index in [2.05, 4.69) is 226 Å². The van der Waals surface area contributed by atoms with E-state index in [1.165, 1.54) is 65.9 Å². The number of aromatic nitrogens is 3. The van der Waals surface area contributed by atoms with Crippen LogP contribution in [0.5, 0.6) is 0 Å². The van der Waals surface area contributed by atoms with Crippen molar-refractivity contribution in [1.29, 1.82) is 0 Å². The van der Waals surface area contributed by atoms with Gasteiger partial charge >= 0.3 is 0 Å². The van der Waals surface area contributed by atoms with Crippen LogP contribution >= 0.6 is 0 Å². The Balaban J connectivity index is 1.21. The third-order valence-electron chi connectivity index (χ3n) is 12.2. The van der Waals surface area contributed by atoms with Crippen LogP contribution in [0.2, 0.25) is 0 Å². The fourth-order valence-electron chi connectivity index (χ4n) is 9.95. The van der Waals surface area contributed by atoms with Crippen molar-refractivity contribution in [3.63, 3.8) is 0 Å². The maximum atomic E-state index is 4.86. The summed E-state index contributed by atoms with van der Waals surface area (Å²) in [5.41, 5.74) is 14.3. The first-order valence-electron chi connectivity index (χ1n) is 19.9. The summed E-state index contributed by atoms with van der Waals surface area (Å²) in [7, 11) is 0. The second-order valence-corrected chi connectivity index (χ2v) is 15.2. The number of anilines is 3. The fraction of sp³-hybridized carbons (Fsp3) is 0.0185. The number of pyridine rings is 1. The average molecular weight is 741 g/mol. The summed E-state index contributed by atoms with van der Waals surface area (Å²) in [5.74, 6) is 0. The first-order valence-corrected chi connectivity index (χ1v) is 19.9. The van der Waals surface area contributed by atoms with Crippen molar-refractivity contribution in [2.45, 2.75) is 5.41 Å². The number of benzene rings is 8. The molecular weight excluding hydrogens is 705 g/mol. The largest absolute Gasteiger partial charge is 0.309 e. The van der Waals surface area contributed by atoms with Gasteiger partial charge in [0.25, 0.3) is 0 Å². The summed E-state index contributed by atoms with van der Waals surface area (Å²) >= 11 is 0. The molecule has 0 saturated heterocycles. The quantitative estimate of drug-likeness (QED) is 0.176. The highest BCUT2D eigenvalue weighted by atomic mass is 15.2. The van der Waals surface area contributed by atoms with E-state index in [1.807, 2.05) is 6.20 Å². The van der Waals surface area contributed by atoms with Crippen molar-refractivity contribution in [2.75, 3.05) is 4.90 Å². The van der Waals surface area contributed by atoms with Gasteiger partial charge < -0.3 is 14.0 Å². The molecule has 12 rings (SSSR count). The first-order chi connectivity index (χ1) is 28.8. The van der Waals surface area contributed by atoms with Gasteiger partial charge in [-0.25, -0.2) is 0 Å². The van der Waals surface area contributed by atoms with Crippen LogP contribution in [0, 0.1) is 0 Å². The first kappa shape index (κ1) is 32.5. The molecule has 0 unspecified atom stereocenters. The summed E-state index contributed by atoms with van der Waals surface area (Å²) in [6, 6.07) is 75.2. The molecule has 11 aromatic rings. The smallest absolute Gasteiger partial charge is 0.0743 e. The highest BCUT2D eigenvalue weighted by molar-refractivity contribution is 6.11. The Kier molecular flexibility index (Phi) is 7.11. The minimum Gasteiger partial charge on any atom is -0.309 e. The van der Waals surface area contributed by atoms with E-state index in [-0.39, 0.29) is 0 Å². The second kappa shape index (κ2) is 12.7. The Morgan fingerprint density at radius 1 is 0.345 bits per heavy atom. The topological polar surface area (TPSA) is 26.0 Å². The lowest BCUT2D eigenvalue weighted by Crippen LogP contribution is -2.37. The molecule has 0 saturated carbocycles. The van der Waals surface area contributed by atoms with Gasteiger partial charge in [0.1, 0.15) is 0 Å². The Labute approximate surface area is 336 Å². The maximum absolute atomic E-state index is 4.86. The molecule has 4 heterocycles. The summed E-state index contributed by atoms with van der Waals surface area (Å²) in [6.45, 7) is 0. The van der Waals surface area contributed by atoms with E-state index >= 15 is 0 Å². The number of para-hydroxylation sites is 5. The van der Waals surface area contributed by atoms with E-state index in [0.717, 1.165) is 28.4 Å². The fourth-order valence-corrected chi connectivity index (χ4v) is 9.95. The van der Waals surface area contributed by atoms with Crippen LogP contribution in [0.25, 0.3) is 55.0 Å². The van der Waals surface area contributed by atoms with Crippen molar-refractivity contribution in [3.8, 4) is 11.4 Å². The third-order valence-corrected chi connectivity index (χ3v) is 12.2. The van der Waals surface area contributed by atoms with Gasteiger partial charge in [-0.1, -0.05) is 152 Å². The van der Waals surface area contributed by atoms with Gasteiger partial charge in [0.15, 0.2) is 0 Å². The summed E-state index contributed by atoms with van der Waals surface area (Å²) in [4.78, 5) is 7.30. The Morgan fingerprint density at radius 2 is 0.741 bits per heavy atom. The van der Waals surface area contributed by atoms with Crippen molar-refractivity contribution in [3.05, 3.63) is 241 Å². The highest BCUT2D eigenvalue weighted by Crippen LogP contribution is 2.57. The summed E-state index contributed by atoms with van der Waals surface area (Å²) < 4.78 is 4.87. The van der Waals surface area contributed by atoms with Crippen LogP contribution < -0.4 is 4.90 Å². The SMILES string of the molecule is c1ccc(C2(c3ccccc3)c3ccccc3N(c3cc(-n4c5ccccc5c5ccccc54)cc(-n4c5ccccc5c5ccccc54)c3)c3cnccc32)cc1. The molecule has 1 aliphatic heterocycles. The molecule has 0 bridgehead atoms. The van der Waals surface area contributed by atoms with Gasteiger partial charge in [0.05, 0.1) is 62.1 Å². The van der Waals surface area contributed by atoms with E-state index in [4.69, 9.17) is 4.98 Å². The minimum absolute atomic E-state index is 0.589. The lowest BCUT2D eigenvalue weighted by molar-refractivity contribution is 0.729. The zero-order valence-corrected chi connectivity index (χ0v) is 31.6. The van der Waals surface area contributed by atoms with Crippen molar-refractivity contribution < 1.29 is 0 Å². The zero-order chi connectivity index (χ0) is 38.2. The molecule has 0 aliphatic carbocycles. The van der Waals surface area contributed by atoms with Gasteiger partial charge in [0, 0.05) is 27.7 Å². The van der Waals surface area contributed by atoms with E-state index < -0.39 is 5.41 Å². The molecule has 4 nitrogen and oxygen atoms in total. The summed E-state index contributed by atoms with van der Waals surface area (Å²) in [6.07, 6.45) is 4.00. The highest BCUT2D eigenvalue weighted by Gasteiger charge is 2.46. The van der Waals surface area contributed by atoms with E-state index in [1.54, 1.807) is 0 Å². The normalized spacial score (nSPS) is 13.3. The Bertz CT molecular complexity index is 3030. The maximum Gasteiger partial charge on any atom is 0.0743 e. The predicted molar refractivity (Wildman–Crippen MR) is 239 cm³/mol. The third kappa shape index (κ3) is 4.54. The van der Waals surface area contributed by atoms with E-state index in [9.17, 15) is 0 Å². The van der Waals surface area contributed by atoms with Crippen LogP contribution in [-0.2, 0) is 5.41 Å². The molecule has 1 aliphatic rings. The molecular formula is C54H36N4. The molecule has 0 amide bonds.